The SMILES string of the molecule is CCCN(C)Cc1cc(Br)c2c(c1)C(=O)NC2. The molecular weight excluding hydrogens is 280 g/mol. The maximum absolute atomic E-state index is 11.6. The van der Waals surface area contributed by atoms with E-state index in [-0.39, 0.29) is 5.91 Å². The fourth-order valence-corrected chi connectivity index (χ4v) is 2.85. The lowest BCUT2D eigenvalue weighted by Gasteiger charge is -2.16. The zero-order valence-corrected chi connectivity index (χ0v) is 11.8. The number of carbonyl (C=O) groups excluding carboxylic acids is 1. The molecule has 4 heteroatoms. The second-order valence-electron chi connectivity index (χ2n) is 4.52. The number of rotatable bonds is 4. The Kier molecular flexibility index (Phi) is 3.84. The van der Waals surface area contributed by atoms with Crippen molar-refractivity contribution in [3.8, 4) is 0 Å². The van der Waals surface area contributed by atoms with Crippen molar-refractivity contribution in [1.82, 2.24) is 10.2 Å². The van der Waals surface area contributed by atoms with Gasteiger partial charge in [0.05, 0.1) is 0 Å². The Bertz CT molecular complexity index is 445. The van der Waals surface area contributed by atoms with Gasteiger partial charge in [-0.15, -0.1) is 0 Å². The molecule has 0 aromatic heterocycles. The molecule has 0 saturated heterocycles. The van der Waals surface area contributed by atoms with Crippen molar-refractivity contribution in [2.24, 2.45) is 0 Å². The maximum Gasteiger partial charge on any atom is 0.251 e. The predicted octanol–water partition coefficient (Wildman–Crippen LogP) is 2.53. The lowest BCUT2D eigenvalue weighted by Crippen LogP contribution is -2.18. The molecule has 17 heavy (non-hydrogen) atoms. The number of nitrogens with zero attached hydrogens (tertiary/aromatic N) is 1. The summed E-state index contributed by atoms with van der Waals surface area (Å²) in [7, 11) is 2.10. The van der Waals surface area contributed by atoms with E-state index in [1.54, 1.807) is 0 Å². The Hall–Kier alpha value is -0.870. The number of amides is 1. The molecule has 0 radical (unpaired) electrons. The number of nitrogens with one attached hydrogen (secondary N) is 1. The van der Waals surface area contributed by atoms with E-state index in [1.807, 2.05) is 6.07 Å². The van der Waals surface area contributed by atoms with Crippen LogP contribution in [0.25, 0.3) is 0 Å². The fraction of sp³-hybridized carbons (Fsp3) is 0.462. The summed E-state index contributed by atoms with van der Waals surface area (Å²) in [6, 6.07) is 4.12. The molecule has 1 heterocycles. The molecule has 0 unspecified atom stereocenters. The number of hydrogen-bond donors (Lipinski definition) is 1. The minimum atomic E-state index is 0.0423. The molecule has 3 nitrogen and oxygen atoms in total. The van der Waals surface area contributed by atoms with Crippen LogP contribution in [0, 0.1) is 0 Å². The van der Waals surface area contributed by atoms with Crippen molar-refractivity contribution < 1.29 is 4.79 Å². The van der Waals surface area contributed by atoms with Gasteiger partial charge in [-0.1, -0.05) is 22.9 Å². The van der Waals surface area contributed by atoms with Gasteiger partial charge in [-0.05, 0) is 43.3 Å². The van der Waals surface area contributed by atoms with Gasteiger partial charge in [0, 0.05) is 23.1 Å². The smallest absolute Gasteiger partial charge is 0.251 e. The lowest BCUT2D eigenvalue weighted by molar-refractivity contribution is 0.0965. The van der Waals surface area contributed by atoms with Crippen LogP contribution in [0.3, 0.4) is 0 Å². The molecular formula is C13H17BrN2O. The first-order valence-electron chi connectivity index (χ1n) is 5.90. The van der Waals surface area contributed by atoms with Gasteiger partial charge >= 0.3 is 0 Å². The van der Waals surface area contributed by atoms with Crippen molar-refractivity contribution in [1.29, 1.82) is 0 Å². The molecule has 0 spiro atoms. The second-order valence-corrected chi connectivity index (χ2v) is 5.38. The molecule has 0 fully saturated rings. The molecule has 1 aromatic rings. The molecule has 1 N–H and O–H groups in total. The van der Waals surface area contributed by atoms with Gasteiger partial charge in [-0.25, -0.2) is 0 Å². The second kappa shape index (κ2) is 5.19. The Morgan fingerprint density at radius 1 is 1.47 bits per heavy atom. The van der Waals surface area contributed by atoms with Crippen molar-refractivity contribution in [2.45, 2.75) is 26.4 Å². The number of halogens is 1. The molecule has 0 saturated carbocycles. The molecule has 0 bridgehead atoms. The van der Waals surface area contributed by atoms with Gasteiger partial charge in [-0.2, -0.15) is 0 Å². The summed E-state index contributed by atoms with van der Waals surface area (Å²) in [6.45, 7) is 4.76. The molecule has 1 amide bonds. The Labute approximate surface area is 110 Å². The standard InChI is InChI=1S/C13H17BrN2O/c1-3-4-16(2)8-9-5-10-11(12(14)6-9)7-15-13(10)17/h5-6H,3-4,7-8H2,1-2H3,(H,15,17). The van der Waals surface area contributed by atoms with E-state index >= 15 is 0 Å². The average Bonchev–Trinajstić information content (AvgIpc) is 2.61. The zero-order valence-electron chi connectivity index (χ0n) is 10.2. The Morgan fingerprint density at radius 3 is 2.94 bits per heavy atom. The van der Waals surface area contributed by atoms with Gasteiger partial charge in [-0.3, -0.25) is 4.79 Å². The van der Waals surface area contributed by atoms with Crippen molar-refractivity contribution in [3.05, 3.63) is 33.3 Å². The summed E-state index contributed by atoms with van der Waals surface area (Å²) in [6.07, 6.45) is 1.14. The maximum atomic E-state index is 11.6. The van der Waals surface area contributed by atoms with E-state index in [0.717, 1.165) is 35.1 Å². The molecule has 0 atom stereocenters. The van der Waals surface area contributed by atoms with Crippen LogP contribution in [-0.2, 0) is 13.1 Å². The fourth-order valence-electron chi connectivity index (χ4n) is 2.20. The minimum Gasteiger partial charge on any atom is -0.348 e. The van der Waals surface area contributed by atoms with Crippen molar-refractivity contribution in [3.63, 3.8) is 0 Å². The van der Waals surface area contributed by atoms with E-state index in [9.17, 15) is 4.79 Å². The normalized spacial score (nSPS) is 14.0. The lowest BCUT2D eigenvalue weighted by atomic mass is 10.1. The number of carbonyl (C=O) groups is 1. The highest BCUT2D eigenvalue weighted by Crippen LogP contribution is 2.27. The first-order valence-corrected chi connectivity index (χ1v) is 6.69. The van der Waals surface area contributed by atoms with Crippen LogP contribution in [0.4, 0.5) is 0 Å². The predicted molar refractivity (Wildman–Crippen MR) is 71.9 cm³/mol. The summed E-state index contributed by atoms with van der Waals surface area (Å²) in [4.78, 5) is 13.9. The molecule has 1 aromatic carbocycles. The molecule has 1 aliphatic rings. The highest BCUT2D eigenvalue weighted by atomic mass is 79.9. The molecule has 2 rings (SSSR count). The van der Waals surface area contributed by atoms with Gasteiger partial charge in [0.1, 0.15) is 0 Å². The van der Waals surface area contributed by atoms with Crippen LogP contribution in [0.2, 0.25) is 0 Å². The number of benzene rings is 1. The third-order valence-corrected chi connectivity index (χ3v) is 3.69. The van der Waals surface area contributed by atoms with Gasteiger partial charge < -0.3 is 10.2 Å². The van der Waals surface area contributed by atoms with Crippen LogP contribution < -0.4 is 5.32 Å². The van der Waals surface area contributed by atoms with Crippen molar-refractivity contribution >= 4 is 21.8 Å². The minimum absolute atomic E-state index is 0.0423. The number of fused-ring (bicyclic) bond motifs is 1. The highest BCUT2D eigenvalue weighted by molar-refractivity contribution is 9.10. The van der Waals surface area contributed by atoms with Crippen LogP contribution in [0.15, 0.2) is 16.6 Å². The van der Waals surface area contributed by atoms with E-state index in [0.29, 0.717) is 6.54 Å². The molecule has 92 valence electrons. The van der Waals surface area contributed by atoms with Gasteiger partial charge in [0.15, 0.2) is 0 Å². The van der Waals surface area contributed by atoms with Crippen LogP contribution in [-0.4, -0.2) is 24.4 Å². The highest BCUT2D eigenvalue weighted by Gasteiger charge is 2.21. The largest absolute Gasteiger partial charge is 0.348 e. The van der Waals surface area contributed by atoms with E-state index < -0.39 is 0 Å². The van der Waals surface area contributed by atoms with Gasteiger partial charge in [0.2, 0.25) is 0 Å². The summed E-state index contributed by atoms with van der Waals surface area (Å²) in [5.41, 5.74) is 3.08. The Morgan fingerprint density at radius 2 is 2.24 bits per heavy atom. The van der Waals surface area contributed by atoms with Crippen LogP contribution in [0.1, 0.15) is 34.8 Å². The third-order valence-electron chi connectivity index (χ3n) is 2.98. The van der Waals surface area contributed by atoms with Gasteiger partial charge in [0.25, 0.3) is 5.91 Å². The number of hydrogen-bond acceptors (Lipinski definition) is 2. The summed E-state index contributed by atoms with van der Waals surface area (Å²) in [5.74, 6) is 0.0423. The monoisotopic (exact) mass is 296 g/mol. The van der Waals surface area contributed by atoms with Crippen LogP contribution >= 0.6 is 15.9 Å². The third kappa shape index (κ3) is 2.69. The Balaban J connectivity index is 2.23. The quantitative estimate of drug-likeness (QED) is 0.926. The summed E-state index contributed by atoms with van der Waals surface area (Å²) < 4.78 is 1.04. The van der Waals surface area contributed by atoms with Crippen LogP contribution in [0.5, 0.6) is 0 Å². The van der Waals surface area contributed by atoms with E-state index in [1.165, 1.54) is 5.56 Å². The summed E-state index contributed by atoms with van der Waals surface area (Å²) in [5, 5.41) is 2.85. The topological polar surface area (TPSA) is 32.3 Å². The van der Waals surface area contributed by atoms with E-state index in [4.69, 9.17) is 0 Å². The molecule has 0 aliphatic carbocycles. The van der Waals surface area contributed by atoms with E-state index in [2.05, 4.69) is 46.2 Å². The first-order chi connectivity index (χ1) is 8.11. The summed E-state index contributed by atoms with van der Waals surface area (Å²) >= 11 is 3.54. The first kappa shape index (κ1) is 12.6. The average molecular weight is 297 g/mol. The van der Waals surface area contributed by atoms with Crippen molar-refractivity contribution in [2.75, 3.05) is 13.6 Å². The molecule has 1 aliphatic heterocycles. The zero-order chi connectivity index (χ0) is 12.4.